The van der Waals surface area contributed by atoms with Crippen molar-refractivity contribution in [2.24, 2.45) is 17.8 Å². The number of carbonyl (C=O) groups excluding carboxylic acids is 4. The van der Waals surface area contributed by atoms with Gasteiger partial charge in [0.05, 0.1) is 25.2 Å². The van der Waals surface area contributed by atoms with Crippen molar-refractivity contribution < 1.29 is 38.6 Å². The molecule has 15 heteroatoms. The molecule has 4 amide bonds. The quantitative estimate of drug-likeness (QED) is 0.179. The zero-order chi connectivity index (χ0) is 41.2. The second kappa shape index (κ2) is 20.6. The fourth-order valence-corrected chi connectivity index (χ4v) is 8.63. The number of likely N-dealkylation sites (tertiary alicyclic amines) is 1. The number of aliphatic carboxylic acids is 1. The summed E-state index contributed by atoms with van der Waals surface area (Å²) in [6, 6.07) is 7.69. The van der Waals surface area contributed by atoms with Crippen LogP contribution in [0.25, 0.3) is 0 Å². The van der Waals surface area contributed by atoms with Gasteiger partial charge in [0.15, 0.2) is 0 Å². The van der Waals surface area contributed by atoms with E-state index in [0.29, 0.717) is 32.7 Å². The molecule has 2 fully saturated rings. The Kier molecular flexibility index (Phi) is 16.5. The molecule has 0 bridgehead atoms. The molecule has 0 spiro atoms. The lowest BCUT2D eigenvalue weighted by atomic mass is 9.91. The van der Waals surface area contributed by atoms with Gasteiger partial charge in [0, 0.05) is 44.0 Å². The molecule has 4 rings (SSSR count). The Hall–Kier alpha value is -3.82. The molecule has 14 nitrogen and oxygen atoms in total. The van der Waals surface area contributed by atoms with Gasteiger partial charge in [-0.2, -0.15) is 0 Å². The lowest BCUT2D eigenvalue weighted by molar-refractivity contribution is -0.142. The number of carboxylic acids is 1. The highest BCUT2D eigenvalue weighted by Crippen LogP contribution is 2.39. The Morgan fingerprint density at radius 1 is 1.00 bits per heavy atom. The highest BCUT2D eigenvalue weighted by atomic mass is 32.2. The van der Waals surface area contributed by atoms with E-state index >= 15 is 0 Å². The molecule has 0 aromatic heterocycles. The van der Waals surface area contributed by atoms with Crippen molar-refractivity contribution in [3.63, 3.8) is 0 Å². The molecular formula is C41H64N6O8S. The molecule has 0 aliphatic carbocycles. The van der Waals surface area contributed by atoms with E-state index in [1.165, 1.54) is 11.8 Å². The number of morpholine rings is 1. The summed E-state index contributed by atoms with van der Waals surface area (Å²) in [6.45, 7) is 13.7. The summed E-state index contributed by atoms with van der Waals surface area (Å²) in [5.41, 5.74) is 1.24. The van der Waals surface area contributed by atoms with Crippen molar-refractivity contribution in [1.29, 1.82) is 0 Å². The molecule has 0 saturated carbocycles. The third kappa shape index (κ3) is 12.1. The molecule has 4 N–H and O–H groups in total. The molecule has 0 radical (unpaired) electrons. The topological polar surface area (TPSA) is 170 Å². The number of carboxylic acid groups (broad SMARTS) is 1. The van der Waals surface area contributed by atoms with Gasteiger partial charge >= 0.3 is 12.1 Å². The molecule has 1 aromatic rings. The van der Waals surface area contributed by atoms with Gasteiger partial charge in [0.25, 0.3) is 5.91 Å². The molecule has 3 heterocycles. The van der Waals surface area contributed by atoms with Gasteiger partial charge < -0.3 is 40.3 Å². The van der Waals surface area contributed by atoms with Crippen LogP contribution in [-0.2, 0) is 35.1 Å². The van der Waals surface area contributed by atoms with Crippen LogP contribution >= 0.6 is 11.8 Å². The Morgan fingerprint density at radius 3 is 2.29 bits per heavy atom. The van der Waals surface area contributed by atoms with Crippen LogP contribution in [0, 0.1) is 17.8 Å². The minimum atomic E-state index is -1.01. The predicted molar refractivity (Wildman–Crippen MR) is 216 cm³/mol. The van der Waals surface area contributed by atoms with Crippen molar-refractivity contribution >= 4 is 41.5 Å². The lowest BCUT2D eigenvalue weighted by Gasteiger charge is -2.41. The minimum Gasteiger partial charge on any atom is -0.481 e. The first kappa shape index (κ1) is 44.9. The van der Waals surface area contributed by atoms with Gasteiger partial charge in [-0.15, -0.1) is 0 Å². The number of piperidine rings is 1. The van der Waals surface area contributed by atoms with Gasteiger partial charge in [-0.05, 0) is 63.6 Å². The fraction of sp³-hybridized carbons (Fsp3) is 0.683. The van der Waals surface area contributed by atoms with Crippen molar-refractivity contribution in [3.8, 4) is 0 Å². The number of thioether (sulfide) groups is 1. The van der Waals surface area contributed by atoms with Gasteiger partial charge in [0.1, 0.15) is 22.7 Å². The smallest absolute Gasteiger partial charge is 0.410 e. The molecule has 2 saturated heterocycles. The van der Waals surface area contributed by atoms with Gasteiger partial charge in [0.2, 0.25) is 11.8 Å². The summed E-state index contributed by atoms with van der Waals surface area (Å²) >= 11 is 1.32. The first-order valence-corrected chi connectivity index (χ1v) is 20.9. The fourth-order valence-electron chi connectivity index (χ4n) is 7.63. The Balaban J connectivity index is 1.54. The zero-order valence-electron chi connectivity index (χ0n) is 34.4. The molecule has 56 heavy (non-hydrogen) atoms. The standard InChI is InChI=1S/C41H64N6O8S/c1-26(2)33(46(8)38(50)35(27(3)4)43-37(49)32-16-12-13-17-45(32)7)24-34(55-40(53)47-18-20-54-21-19-47)41(6)44-31(25-56-41)36(48)42-30(22-28(5)39(51)52)23-29-14-10-9-11-15-29/h9-11,14-15,25-28,30,32-35,44H,12-13,16-24H2,1-8H3,(H,42,48)(H,43,49)(H,51,52)/t28-,30+,32+,33+,34+,35-,41?/m0/s1. The summed E-state index contributed by atoms with van der Waals surface area (Å²) < 4.78 is 11.8. The maximum Gasteiger partial charge on any atom is 0.410 e. The number of carbonyl (C=O) groups is 5. The number of likely N-dealkylation sites (N-methyl/N-ethyl adjacent to an activating group) is 2. The van der Waals surface area contributed by atoms with E-state index in [0.717, 1.165) is 31.4 Å². The van der Waals surface area contributed by atoms with Crippen molar-refractivity contribution in [3.05, 3.63) is 47.0 Å². The number of benzene rings is 1. The Labute approximate surface area is 336 Å². The minimum absolute atomic E-state index is 0.0674. The number of amides is 4. The maximum atomic E-state index is 14.3. The van der Waals surface area contributed by atoms with Crippen LogP contribution in [0.5, 0.6) is 0 Å². The molecule has 1 unspecified atom stereocenters. The van der Waals surface area contributed by atoms with E-state index in [4.69, 9.17) is 9.47 Å². The molecular weight excluding hydrogens is 737 g/mol. The van der Waals surface area contributed by atoms with E-state index in [1.54, 1.807) is 29.2 Å². The number of rotatable bonds is 17. The summed E-state index contributed by atoms with van der Waals surface area (Å²) in [5.74, 6) is -2.63. The SMILES string of the molecule is CC(C)[C@H](NC(=O)[C@H]1CCCCN1C)C(=O)N(C)[C@H](C[C@@H](OC(=O)N1CCOCC1)C1(C)NC(C(=O)N[C@@H](Cc2ccccc2)C[C@H](C)C(=O)O)=CS1)C(C)C. The largest absolute Gasteiger partial charge is 0.481 e. The third-order valence-corrected chi connectivity index (χ3v) is 12.5. The van der Waals surface area contributed by atoms with Crippen LogP contribution in [-0.4, -0.2) is 132 Å². The molecule has 3 aliphatic heterocycles. The maximum absolute atomic E-state index is 14.3. The van der Waals surface area contributed by atoms with E-state index in [2.05, 4.69) is 16.0 Å². The van der Waals surface area contributed by atoms with Gasteiger partial charge in [-0.3, -0.25) is 24.1 Å². The van der Waals surface area contributed by atoms with Gasteiger partial charge in [-0.1, -0.05) is 83.1 Å². The predicted octanol–water partition coefficient (Wildman–Crippen LogP) is 4.05. The van der Waals surface area contributed by atoms with E-state index in [1.807, 2.05) is 76.9 Å². The van der Waals surface area contributed by atoms with Crippen LogP contribution in [0.3, 0.4) is 0 Å². The zero-order valence-corrected chi connectivity index (χ0v) is 35.2. The number of nitrogens with zero attached hydrogens (tertiary/aromatic N) is 3. The van der Waals surface area contributed by atoms with Crippen molar-refractivity contribution in [2.45, 2.75) is 115 Å². The number of ether oxygens (including phenoxy) is 2. The van der Waals surface area contributed by atoms with E-state index in [-0.39, 0.29) is 48.2 Å². The second-order valence-electron chi connectivity index (χ2n) is 16.4. The van der Waals surface area contributed by atoms with Crippen LogP contribution < -0.4 is 16.0 Å². The highest BCUT2D eigenvalue weighted by Gasteiger charge is 2.46. The summed E-state index contributed by atoms with van der Waals surface area (Å²) in [6.07, 6.45) is 2.35. The summed E-state index contributed by atoms with van der Waals surface area (Å²) in [4.78, 5) is 71.4. The highest BCUT2D eigenvalue weighted by molar-refractivity contribution is 8.03. The first-order chi connectivity index (χ1) is 26.5. The van der Waals surface area contributed by atoms with Crippen molar-refractivity contribution in [1.82, 2.24) is 30.7 Å². The monoisotopic (exact) mass is 800 g/mol. The molecule has 7 atom stereocenters. The molecule has 1 aromatic carbocycles. The first-order valence-electron chi connectivity index (χ1n) is 20.0. The average molecular weight is 801 g/mol. The van der Waals surface area contributed by atoms with Crippen LogP contribution in [0.1, 0.15) is 79.2 Å². The summed E-state index contributed by atoms with van der Waals surface area (Å²) in [7, 11) is 3.68. The van der Waals surface area contributed by atoms with Gasteiger partial charge in [-0.25, -0.2) is 4.79 Å². The Bertz CT molecular complexity index is 1540. The number of nitrogens with one attached hydrogen (secondary N) is 3. The van der Waals surface area contributed by atoms with E-state index < -0.39 is 53.0 Å². The molecule has 312 valence electrons. The average Bonchev–Trinajstić information content (AvgIpc) is 3.58. The Morgan fingerprint density at radius 2 is 1.68 bits per heavy atom. The van der Waals surface area contributed by atoms with E-state index in [9.17, 15) is 29.1 Å². The number of hydrogen-bond acceptors (Lipinski definition) is 10. The van der Waals surface area contributed by atoms with Crippen LogP contribution in [0.2, 0.25) is 0 Å². The number of hydrogen-bond donors (Lipinski definition) is 4. The third-order valence-electron chi connectivity index (χ3n) is 11.3. The van der Waals surface area contributed by atoms with Crippen LogP contribution in [0.15, 0.2) is 41.4 Å². The summed E-state index contributed by atoms with van der Waals surface area (Å²) in [5, 5.41) is 20.8. The van der Waals surface area contributed by atoms with Crippen molar-refractivity contribution in [2.75, 3.05) is 46.9 Å². The lowest BCUT2D eigenvalue weighted by Crippen LogP contribution is -2.59. The normalized spacial score (nSPS) is 22.9. The second-order valence-corrected chi connectivity index (χ2v) is 17.7. The van der Waals surface area contributed by atoms with Crippen LogP contribution in [0.4, 0.5) is 4.79 Å². The molecule has 3 aliphatic rings.